The summed E-state index contributed by atoms with van der Waals surface area (Å²) in [5.74, 6) is 0. The summed E-state index contributed by atoms with van der Waals surface area (Å²) in [5.41, 5.74) is 1.09. The predicted molar refractivity (Wildman–Crippen MR) is 89.5 cm³/mol. The van der Waals surface area contributed by atoms with Crippen LogP contribution in [0.3, 0.4) is 0 Å². The Hall–Kier alpha value is -1.68. The molecule has 0 aliphatic heterocycles. The minimum atomic E-state index is 1.09. The summed E-state index contributed by atoms with van der Waals surface area (Å²) >= 11 is 2.36. The Kier molecular flexibility index (Phi) is 2.45. The zero-order valence-corrected chi connectivity index (χ0v) is 12.3. The summed E-state index contributed by atoms with van der Waals surface area (Å²) in [5, 5.41) is 6.32. The van der Waals surface area contributed by atoms with Crippen LogP contribution in [0.15, 0.2) is 60.8 Å². The molecule has 1 aromatic heterocycles. The maximum Gasteiger partial charge on any atom is 0.0787 e. The first-order chi connectivity index (χ1) is 9.34. The number of benzene rings is 3. The molecule has 90 valence electrons. The van der Waals surface area contributed by atoms with Crippen LogP contribution in [0.25, 0.3) is 32.4 Å². The normalized spacial score (nSPS) is 11.4. The molecule has 0 spiro atoms. The number of halogens is 1. The van der Waals surface area contributed by atoms with Crippen molar-refractivity contribution in [3.8, 4) is 0 Å². The lowest BCUT2D eigenvalue weighted by atomic mass is 9.97. The van der Waals surface area contributed by atoms with Crippen LogP contribution in [0.2, 0.25) is 0 Å². The van der Waals surface area contributed by atoms with Crippen molar-refractivity contribution in [2.45, 2.75) is 0 Å². The average Bonchev–Trinajstić information content (AvgIpc) is 2.47. The number of fused-ring (bicyclic) bond motifs is 6. The number of pyridine rings is 1. The Bertz CT molecular complexity index is 893. The molecule has 19 heavy (non-hydrogen) atoms. The second-order valence-electron chi connectivity index (χ2n) is 4.64. The molecule has 0 amide bonds. The Morgan fingerprint density at radius 2 is 1.37 bits per heavy atom. The van der Waals surface area contributed by atoms with Gasteiger partial charge in [0.25, 0.3) is 0 Å². The van der Waals surface area contributed by atoms with Gasteiger partial charge in [-0.3, -0.25) is 4.98 Å². The van der Waals surface area contributed by atoms with Gasteiger partial charge in [0.1, 0.15) is 0 Å². The van der Waals surface area contributed by atoms with Gasteiger partial charge in [0.2, 0.25) is 0 Å². The van der Waals surface area contributed by atoms with Crippen molar-refractivity contribution in [1.82, 2.24) is 4.98 Å². The van der Waals surface area contributed by atoms with Crippen LogP contribution in [0.4, 0.5) is 0 Å². The monoisotopic (exact) mass is 355 g/mol. The highest BCUT2D eigenvalue weighted by molar-refractivity contribution is 14.1. The van der Waals surface area contributed by atoms with Crippen molar-refractivity contribution < 1.29 is 0 Å². The van der Waals surface area contributed by atoms with Gasteiger partial charge in [0.15, 0.2) is 0 Å². The van der Waals surface area contributed by atoms with Crippen molar-refractivity contribution >= 4 is 55.0 Å². The second kappa shape index (κ2) is 4.17. The lowest BCUT2D eigenvalue weighted by Gasteiger charge is -2.09. The van der Waals surface area contributed by atoms with Crippen LogP contribution >= 0.6 is 22.6 Å². The van der Waals surface area contributed by atoms with E-state index < -0.39 is 0 Å². The molecule has 0 bridgehead atoms. The third-order valence-electron chi connectivity index (χ3n) is 3.55. The summed E-state index contributed by atoms with van der Waals surface area (Å²) in [7, 11) is 0. The third-order valence-corrected chi connectivity index (χ3v) is 4.22. The maximum absolute atomic E-state index is 4.60. The highest BCUT2D eigenvalue weighted by Crippen LogP contribution is 2.34. The molecule has 0 radical (unpaired) electrons. The van der Waals surface area contributed by atoms with Gasteiger partial charge < -0.3 is 0 Å². The summed E-state index contributed by atoms with van der Waals surface area (Å²) in [6.45, 7) is 0. The van der Waals surface area contributed by atoms with E-state index in [0.717, 1.165) is 5.52 Å². The van der Waals surface area contributed by atoms with Gasteiger partial charge in [0.05, 0.1) is 5.52 Å². The molecule has 3 aromatic carbocycles. The average molecular weight is 355 g/mol. The zero-order valence-electron chi connectivity index (χ0n) is 10.1. The topological polar surface area (TPSA) is 12.9 Å². The molecule has 1 nitrogen and oxygen atoms in total. The molecule has 0 aliphatic carbocycles. The molecule has 0 atom stereocenters. The molecule has 0 unspecified atom stereocenters. The fourth-order valence-corrected chi connectivity index (χ4v) is 3.23. The molecular weight excluding hydrogens is 345 g/mol. The molecular formula is C17H10IN. The van der Waals surface area contributed by atoms with Crippen LogP contribution in [-0.2, 0) is 0 Å². The fourth-order valence-electron chi connectivity index (χ4n) is 2.74. The van der Waals surface area contributed by atoms with E-state index in [1.165, 1.54) is 30.5 Å². The summed E-state index contributed by atoms with van der Waals surface area (Å²) in [6.07, 6.45) is 1.87. The number of hydrogen-bond donors (Lipinski definition) is 0. The van der Waals surface area contributed by atoms with Gasteiger partial charge in [-0.15, -0.1) is 0 Å². The molecule has 0 aliphatic rings. The standard InChI is InChI=1S/C17H10IN/c18-11-7-8-14-12-4-1-2-5-13(12)15-6-3-9-19-17(15)16(14)10-11/h1-10H. The first kappa shape index (κ1) is 11.2. The molecule has 1 heterocycles. The van der Waals surface area contributed by atoms with Gasteiger partial charge in [-0.1, -0.05) is 36.4 Å². The molecule has 4 aromatic rings. The van der Waals surface area contributed by atoms with Crippen LogP contribution in [0.1, 0.15) is 0 Å². The van der Waals surface area contributed by atoms with Crippen molar-refractivity contribution in [3.63, 3.8) is 0 Å². The molecule has 0 N–H and O–H groups in total. The maximum atomic E-state index is 4.60. The van der Waals surface area contributed by atoms with Crippen molar-refractivity contribution in [2.24, 2.45) is 0 Å². The summed E-state index contributed by atoms with van der Waals surface area (Å²) in [6, 6.07) is 19.3. The van der Waals surface area contributed by atoms with E-state index in [-0.39, 0.29) is 0 Å². The Morgan fingerprint density at radius 3 is 2.21 bits per heavy atom. The van der Waals surface area contributed by atoms with Crippen molar-refractivity contribution in [3.05, 3.63) is 64.4 Å². The molecule has 0 fully saturated rings. The highest BCUT2D eigenvalue weighted by Gasteiger charge is 2.08. The van der Waals surface area contributed by atoms with E-state index in [1.54, 1.807) is 0 Å². The van der Waals surface area contributed by atoms with Gasteiger partial charge in [-0.2, -0.15) is 0 Å². The minimum absolute atomic E-state index is 1.09. The van der Waals surface area contributed by atoms with Crippen LogP contribution in [0, 0.1) is 3.57 Å². The molecule has 0 saturated heterocycles. The van der Waals surface area contributed by atoms with Crippen LogP contribution < -0.4 is 0 Å². The molecule has 0 saturated carbocycles. The SMILES string of the molecule is Ic1ccc2c3ccccc3c3cccnc3c2c1. The number of hydrogen-bond acceptors (Lipinski definition) is 1. The first-order valence-electron chi connectivity index (χ1n) is 6.19. The Labute approximate surface area is 124 Å². The quantitative estimate of drug-likeness (QED) is 0.314. The van der Waals surface area contributed by atoms with Crippen molar-refractivity contribution in [2.75, 3.05) is 0 Å². The van der Waals surface area contributed by atoms with Gasteiger partial charge in [-0.05, 0) is 56.9 Å². The van der Waals surface area contributed by atoms with E-state index in [0.29, 0.717) is 0 Å². The molecule has 2 heteroatoms. The Morgan fingerprint density at radius 1 is 0.684 bits per heavy atom. The first-order valence-corrected chi connectivity index (χ1v) is 7.27. The lowest BCUT2D eigenvalue weighted by molar-refractivity contribution is 1.43. The minimum Gasteiger partial charge on any atom is -0.256 e. The van der Waals surface area contributed by atoms with Gasteiger partial charge in [0, 0.05) is 20.5 Å². The predicted octanol–water partition coefficient (Wildman–Crippen LogP) is 5.15. The molecule has 4 rings (SSSR count). The summed E-state index contributed by atoms with van der Waals surface area (Å²) in [4.78, 5) is 4.60. The number of rotatable bonds is 0. The zero-order chi connectivity index (χ0) is 12.8. The van der Waals surface area contributed by atoms with E-state index in [2.05, 4.69) is 76.1 Å². The van der Waals surface area contributed by atoms with E-state index in [9.17, 15) is 0 Å². The largest absolute Gasteiger partial charge is 0.256 e. The summed E-state index contributed by atoms with van der Waals surface area (Å²) < 4.78 is 1.24. The fraction of sp³-hybridized carbons (Fsp3) is 0. The highest BCUT2D eigenvalue weighted by atomic mass is 127. The van der Waals surface area contributed by atoms with E-state index in [1.807, 2.05) is 12.3 Å². The van der Waals surface area contributed by atoms with Crippen LogP contribution in [0.5, 0.6) is 0 Å². The van der Waals surface area contributed by atoms with Gasteiger partial charge in [-0.25, -0.2) is 0 Å². The number of nitrogens with zero attached hydrogens (tertiary/aromatic N) is 1. The lowest BCUT2D eigenvalue weighted by Crippen LogP contribution is -1.86. The van der Waals surface area contributed by atoms with E-state index >= 15 is 0 Å². The van der Waals surface area contributed by atoms with E-state index in [4.69, 9.17) is 0 Å². The third kappa shape index (κ3) is 1.63. The number of aromatic nitrogens is 1. The van der Waals surface area contributed by atoms with Gasteiger partial charge >= 0.3 is 0 Å². The van der Waals surface area contributed by atoms with Crippen LogP contribution in [-0.4, -0.2) is 4.98 Å². The van der Waals surface area contributed by atoms with Crippen molar-refractivity contribution in [1.29, 1.82) is 0 Å². The Balaban J connectivity index is 2.43. The second-order valence-corrected chi connectivity index (χ2v) is 5.88. The smallest absolute Gasteiger partial charge is 0.0787 e.